The summed E-state index contributed by atoms with van der Waals surface area (Å²) in [7, 11) is 4.10. The molecule has 5 nitrogen and oxygen atoms in total. The zero-order valence-electron chi connectivity index (χ0n) is 12.9. The summed E-state index contributed by atoms with van der Waals surface area (Å²) in [5, 5.41) is 2.99. The molecule has 5 heteroatoms. The van der Waals surface area contributed by atoms with Crippen molar-refractivity contribution in [1.29, 1.82) is 0 Å². The number of carbonyl (C=O) groups excluding carboxylic acids is 2. The number of hydrogen-bond donors (Lipinski definition) is 1. The minimum atomic E-state index is -0.578. The van der Waals surface area contributed by atoms with Gasteiger partial charge in [0.2, 0.25) is 11.8 Å². The highest BCUT2D eigenvalue weighted by molar-refractivity contribution is 5.99. The third-order valence-electron chi connectivity index (χ3n) is 4.59. The zero-order chi connectivity index (χ0) is 14.8. The van der Waals surface area contributed by atoms with E-state index in [4.69, 9.17) is 0 Å². The van der Waals surface area contributed by atoms with Gasteiger partial charge in [-0.25, -0.2) is 0 Å². The Labute approximate surface area is 121 Å². The van der Waals surface area contributed by atoms with Gasteiger partial charge in [-0.05, 0) is 53.2 Å². The Bertz CT molecular complexity index is 375. The predicted molar refractivity (Wildman–Crippen MR) is 78.3 cm³/mol. The first kappa shape index (κ1) is 15.3. The van der Waals surface area contributed by atoms with Crippen LogP contribution < -0.4 is 5.32 Å². The van der Waals surface area contributed by atoms with Crippen LogP contribution in [-0.4, -0.2) is 60.4 Å². The normalized spacial score (nSPS) is 25.6. The number of piperazine rings is 1. The maximum absolute atomic E-state index is 12.7. The van der Waals surface area contributed by atoms with Crippen molar-refractivity contribution in [2.75, 3.05) is 27.2 Å². The summed E-state index contributed by atoms with van der Waals surface area (Å²) in [6.07, 6.45) is 5.69. The lowest BCUT2D eigenvalue weighted by atomic mass is 9.91. The van der Waals surface area contributed by atoms with Crippen LogP contribution in [0.15, 0.2) is 0 Å². The van der Waals surface area contributed by atoms with E-state index in [2.05, 4.69) is 24.3 Å². The summed E-state index contributed by atoms with van der Waals surface area (Å²) in [5.41, 5.74) is -0.578. The topological polar surface area (TPSA) is 52.7 Å². The molecule has 1 N–H and O–H groups in total. The molecule has 20 heavy (non-hydrogen) atoms. The fourth-order valence-corrected chi connectivity index (χ4v) is 3.31. The van der Waals surface area contributed by atoms with Gasteiger partial charge in [0.1, 0.15) is 11.6 Å². The Morgan fingerprint density at radius 1 is 1.25 bits per heavy atom. The van der Waals surface area contributed by atoms with E-state index in [-0.39, 0.29) is 17.9 Å². The second-order valence-corrected chi connectivity index (χ2v) is 6.46. The molecule has 2 amide bonds. The van der Waals surface area contributed by atoms with E-state index < -0.39 is 5.54 Å². The predicted octanol–water partition coefficient (Wildman–Crippen LogP) is 0.988. The molecule has 2 rings (SSSR count). The van der Waals surface area contributed by atoms with Crippen molar-refractivity contribution in [2.45, 2.75) is 57.0 Å². The van der Waals surface area contributed by atoms with Gasteiger partial charge >= 0.3 is 0 Å². The van der Waals surface area contributed by atoms with Crippen molar-refractivity contribution in [3.05, 3.63) is 0 Å². The quantitative estimate of drug-likeness (QED) is 0.765. The van der Waals surface area contributed by atoms with Crippen LogP contribution in [0.25, 0.3) is 0 Å². The first-order valence-corrected chi connectivity index (χ1v) is 7.74. The maximum Gasteiger partial charge on any atom is 0.248 e. The van der Waals surface area contributed by atoms with Crippen molar-refractivity contribution in [3.63, 3.8) is 0 Å². The fraction of sp³-hybridized carbons (Fsp3) is 0.867. The number of unbranched alkanes of at least 4 members (excludes halogenated alkanes) is 1. The van der Waals surface area contributed by atoms with Crippen molar-refractivity contribution in [1.82, 2.24) is 15.1 Å². The number of nitrogens with one attached hydrogen (secondary N) is 1. The summed E-state index contributed by atoms with van der Waals surface area (Å²) in [6, 6.07) is -0.326. The van der Waals surface area contributed by atoms with E-state index in [9.17, 15) is 9.59 Å². The van der Waals surface area contributed by atoms with Crippen molar-refractivity contribution < 1.29 is 9.59 Å². The largest absolute Gasteiger partial charge is 0.340 e. The van der Waals surface area contributed by atoms with Gasteiger partial charge in [-0.15, -0.1) is 0 Å². The van der Waals surface area contributed by atoms with Crippen LogP contribution >= 0.6 is 0 Å². The average Bonchev–Trinajstić information content (AvgIpc) is 2.85. The van der Waals surface area contributed by atoms with Gasteiger partial charge in [-0.3, -0.25) is 9.59 Å². The molecule has 0 aromatic heterocycles. The van der Waals surface area contributed by atoms with Crippen molar-refractivity contribution in [3.8, 4) is 0 Å². The standard InChI is InChI=1S/C15H27N3O2/c1-12-13(19)16-15(8-4-5-9-15)14(20)18(12)11-7-6-10-17(2)3/h12H,4-11H2,1-3H3,(H,16,19). The molecule has 1 atom stereocenters. The first-order valence-electron chi connectivity index (χ1n) is 7.74. The number of nitrogens with zero attached hydrogens (tertiary/aromatic N) is 2. The van der Waals surface area contributed by atoms with Gasteiger partial charge in [0.05, 0.1) is 0 Å². The van der Waals surface area contributed by atoms with Gasteiger partial charge in [0, 0.05) is 6.54 Å². The molecule has 1 aliphatic carbocycles. The number of hydrogen-bond acceptors (Lipinski definition) is 3. The first-order chi connectivity index (χ1) is 9.46. The van der Waals surface area contributed by atoms with Gasteiger partial charge in [-0.2, -0.15) is 0 Å². The number of amides is 2. The summed E-state index contributed by atoms with van der Waals surface area (Å²) >= 11 is 0. The molecule has 1 saturated heterocycles. The summed E-state index contributed by atoms with van der Waals surface area (Å²) < 4.78 is 0. The second kappa shape index (κ2) is 6.12. The molecule has 2 aliphatic rings. The van der Waals surface area contributed by atoms with Gasteiger partial charge in [0.15, 0.2) is 0 Å². The van der Waals surface area contributed by atoms with E-state index >= 15 is 0 Å². The zero-order valence-corrected chi connectivity index (χ0v) is 12.9. The molecule has 0 bridgehead atoms. The van der Waals surface area contributed by atoms with Gasteiger partial charge in [-0.1, -0.05) is 12.8 Å². The molecule has 0 aromatic rings. The molecular formula is C15H27N3O2. The summed E-state index contributed by atoms with van der Waals surface area (Å²) in [4.78, 5) is 28.8. The number of carbonyl (C=O) groups is 2. The minimum absolute atomic E-state index is 0.0131. The van der Waals surface area contributed by atoms with Gasteiger partial charge in [0.25, 0.3) is 0 Å². The van der Waals surface area contributed by atoms with Crippen LogP contribution in [0.2, 0.25) is 0 Å². The molecule has 0 aromatic carbocycles. The minimum Gasteiger partial charge on any atom is -0.340 e. The highest BCUT2D eigenvalue weighted by Gasteiger charge is 2.50. The molecule has 1 saturated carbocycles. The molecule has 1 heterocycles. The third kappa shape index (κ3) is 2.97. The molecule has 2 fully saturated rings. The van der Waals surface area contributed by atoms with Crippen LogP contribution in [0.1, 0.15) is 45.4 Å². The van der Waals surface area contributed by atoms with Crippen LogP contribution in [0.3, 0.4) is 0 Å². The Hall–Kier alpha value is -1.10. The second-order valence-electron chi connectivity index (χ2n) is 6.46. The van der Waals surface area contributed by atoms with E-state index in [1.165, 1.54) is 0 Å². The van der Waals surface area contributed by atoms with Crippen LogP contribution in [0.5, 0.6) is 0 Å². The van der Waals surface area contributed by atoms with Crippen molar-refractivity contribution >= 4 is 11.8 Å². The summed E-state index contributed by atoms with van der Waals surface area (Å²) in [6.45, 7) is 3.55. The maximum atomic E-state index is 12.7. The Kier molecular flexibility index (Phi) is 4.68. The smallest absolute Gasteiger partial charge is 0.248 e. The van der Waals surface area contributed by atoms with Crippen molar-refractivity contribution in [2.24, 2.45) is 0 Å². The molecule has 1 aliphatic heterocycles. The number of rotatable bonds is 5. The lowest BCUT2D eigenvalue weighted by Gasteiger charge is -2.43. The lowest BCUT2D eigenvalue weighted by Crippen LogP contribution is -2.68. The molecule has 1 unspecified atom stereocenters. The third-order valence-corrected chi connectivity index (χ3v) is 4.59. The van der Waals surface area contributed by atoms with Gasteiger partial charge < -0.3 is 15.1 Å². The molecule has 1 spiro atoms. The molecular weight excluding hydrogens is 254 g/mol. The monoisotopic (exact) mass is 281 g/mol. The van der Waals surface area contributed by atoms with E-state index in [0.717, 1.165) is 45.1 Å². The lowest BCUT2D eigenvalue weighted by molar-refractivity contribution is -0.154. The molecule has 0 radical (unpaired) electrons. The van der Waals surface area contributed by atoms with Crippen LogP contribution in [0.4, 0.5) is 0 Å². The summed E-state index contributed by atoms with van der Waals surface area (Å²) in [5.74, 6) is 0.158. The van der Waals surface area contributed by atoms with E-state index in [1.807, 2.05) is 6.92 Å². The highest BCUT2D eigenvalue weighted by atomic mass is 16.2. The van der Waals surface area contributed by atoms with Crippen LogP contribution in [0, 0.1) is 0 Å². The fourth-order valence-electron chi connectivity index (χ4n) is 3.31. The molecule has 114 valence electrons. The average molecular weight is 281 g/mol. The van der Waals surface area contributed by atoms with E-state index in [1.54, 1.807) is 4.90 Å². The Morgan fingerprint density at radius 2 is 1.90 bits per heavy atom. The Balaban J connectivity index is 1.97. The highest BCUT2D eigenvalue weighted by Crippen LogP contribution is 2.34. The SMILES string of the molecule is CC1C(=O)NC2(CCCC2)C(=O)N1CCCCN(C)C. The Morgan fingerprint density at radius 3 is 2.50 bits per heavy atom. The van der Waals surface area contributed by atoms with Crippen LogP contribution in [-0.2, 0) is 9.59 Å². The van der Waals surface area contributed by atoms with E-state index in [0.29, 0.717) is 6.54 Å².